The van der Waals surface area contributed by atoms with Crippen molar-refractivity contribution in [1.82, 2.24) is 19.2 Å². The zero-order valence-electron chi connectivity index (χ0n) is 12.0. The molecular formula is C15H17N5O. The number of aromatic nitrogens is 4. The first kappa shape index (κ1) is 13.5. The van der Waals surface area contributed by atoms with E-state index in [4.69, 9.17) is 5.73 Å². The number of fused-ring (bicyclic) bond motifs is 1. The molecule has 21 heavy (non-hydrogen) atoms. The Morgan fingerprint density at radius 1 is 1.33 bits per heavy atom. The van der Waals surface area contributed by atoms with Crippen LogP contribution in [0, 0.1) is 13.8 Å². The van der Waals surface area contributed by atoms with Crippen molar-refractivity contribution in [2.24, 2.45) is 5.73 Å². The molecule has 2 aromatic heterocycles. The van der Waals surface area contributed by atoms with E-state index >= 15 is 0 Å². The highest BCUT2D eigenvalue weighted by Crippen LogP contribution is 2.18. The fourth-order valence-electron chi connectivity index (χ4n) is 2.53. The lowest BCUT2D eigenvalue weighted by Gasteiger charge is -2.14. The second kappa shape index (κ2) is 5.14. The fourth-order valence-corrected chi connectivity index (χ4v) is 2.53. The van der Waals surface area contributed by atoms with Gasteiger partial charge in [0.25, 0.3) is 0 Å². The van der Waals surface area contributed by atoms with Crippen LogP contribution in [0.25, 0.3) is 5.65 Å². The van der Waals surface area contributed by atoms with Crippen molar-refractivity contribution < 1.29 is 0 Å². The SMILES string of the molecule is Cc1ccc(C(N)Cn2nc3cnccn3c2=O)c(C)c1. The molecule has 0 bridgehead atoms. The van der Waals surface area contributed by atoms with E-state index in [9.17, 15) is 4.79 Å². The van der Waals surface area contributed by atoms with Crippen LogP contribution in [0.4, 0.5) is 0 Å². The molecule has 0 radical (unpaired) electrons. The number of nitrogens with zero attached hydrogens (tertiary/aromatic N) is 4. The van der Waals surface area contributed by atoms with Crippen LogP contribution in [0.15, 0.2) is 41.6 Å². The van der Waals surface area contributed by atoms with E-state index in [0.29, 0.717) is 12.2 Å². The average Bonchev–Trinajstić information content (AvgIpc) is 2.76. The number of nitrogens with two attached hydrogens (primary N) is 1. The van der Waals surface area contributed by atoms with Gasteiger partial charge in [0.2, 0.25) is 0 Å². The molecule has 2 N–H and O–H groups in total. The van der Waals surface area contributed by atoms with Gasteiger partial charge in [0.15, 0.2) is 5.65 Å². The van der Waals surface area contributed by atoms with Gasteiger partial charge in [-0.3, -0.25) is 4.98 Å². The molecule has 3 aromatic rings. The van der Waals surface area contributed by atoms with Gasteiger partial charge in [-0.05, 0) is 25.0 Å². The van der Waals surface area contributed by atoms with Crippen molar-refractivity contribution in [3.8, 4) is 0 Å². The molecule has 0 aliphatic rings. The third-order valence-corrected chi connectivity index (χ3v) is 3.58. The van der Waals surface area contributed by atoms with Gasteiger partial charge in [-0.1, -0.05) is 23.8 Å². The summed E-state index contributed by atoms with van der Waals surface area (Å²) in [5.41, 5.74) is 9.92. The molecule has 6 nitrogen and oxygen atoms in total. The molecule has 0 saturated heterocycles. The third-order valence-electron chi connectivity index (χ3n) is 3.58. The number of hydrogen-bond acceptors (Lipinski definition) is 4. The van der Waals surface area contributed by atoms with Crippen LogP contribution in [0.2, 0.25) is 0 Å². The molecule has 0 spiro atoms. The van der Waals surface area contributed by atoms with E-state index in [2.05, 4.69) is 16.1 Å². The summed E-state index contributed by atoms with van der Waals surface area (Å²) < 4.78 is 2.85. The second-order valence-corrected chi connectivity index (χ2v) is 5.24. The highest BCUT2D eigenvalue weighted by molar-refractivity contribution is 5.33. The van der Waals surface area contributed by atoms with Crippen LogP contribution >= 0.6 is 0 Å². The Labute approximate surface area is 121 Å². The first-order valence-electron chi connectivity index (χ1n) is 6.78. The molecule has 3 rings (SSSR count). The van der Waals surface area contributed by atoms with E-state index in [0.717, 1.165) is 11.1 Å². The molecule has 2 heterocycles. The predicted octanol–water partition coefficient (Wildman–Crippen LogP) is 1.21. The molecule has 108 valence electrons. The maximum Gasteiger partial charge on any atom is 0.350 e. The largest absolute Gasteiger partial charge is 0.350 e. The molecule has 0 saturated carbocycles. The monoisotopic (exact) mass is 283 g/mol. The molecular weight excluding hydrogens is 266 g/mol. The van der Waals surface area contributed by atoms with Crippen molar-refractivity contribution in [2.75, 3.05) is 0 Å². The highest BCUT2D eigenvalue weighted by atomic mass is 16.2. The summed E-state index contributed by atoms with van der Waals surface area (Å²) in [4.78, 5) is 16.2. The van der Waals surface area contributed by atoms with Crippen molar-refractivity contribution in [2.45, 2.75) is 26.4 Å². The third kappa shape index (κ3) is 2.45. The lowest BCUT2D eigenvalue weighted by Crippen LogP contribution is -2.27. The number of benzene rings is 1. The van der Waals surface area contributed by atoms with Gasteiger partial charge in [0.05, 0.1) is 12.7 Å². The van der Waals surface area contributed by atoms with Crippen molar-refractivity contribution >= 4 is 5.65 Å². The van der Waals surface area contributed by atoms with Crippen LogP contribution in [0.1, 0.15) is 22.7 Å². The minimum Gasteiger partial charge on any atom is -0.322 e. The Kier molecular flexibility index (Phi) is 3.31. The van der Waals surface area contributed by atoms with Crippen LogP contribution in [-0.2, 0) is 6.54 Å². The normalized spacial score (nSPS) is 12.7. The minimum atomic E-state index is -0.277. The topological polar surface area (TPSA) is 78.2 Å². The Morgan fingerprint density at radius 3 is 2.86 bits per heavy atom. The Hall–Kier alpha value is -2.47. The van der Waals surface area contributed by atoms with Gasteiger partial charge in [-0.2, -0.15) is 0 Å². The van der Waals surface area contributed by atoms with Gasteiger partial charge in [0.1, 0.15) is 0 Å². The lowest BCUT2D eigenvalue weighted by molar-refractivity contribution is 0.512. The molecule has 1 atom stereocenters. The highest BCUT2D eigenvalue weighted by Gasteiger charge is 2.13. The maximum atomic E-state index is 12.2. The maximum absolute atomic E-state index is 12.2. The summed E-state index contributed by atoms with van der Waals surface area (Å²) in [5, 5.41) is 4.25. The Bertz CT molecular complexity index is 849. The van der Waals surface area contributed by atoms with E-state index < -0.39 is 0 Å². The van der Waals surface area contributed by atoms with Crippen molar-refractivity contribution in [3.05, 3.63) is 64.0 Å². The van der Waals surface area contributed by atoms with Crippen molar-refractivity contribution in [3.63, 3.8) is 0 Å². The first-order valence-corrected chi connectivity index (χ1v) is 6.78. The zero-order valence-corrected chi connectivity index (χ0v) is 12.0. The number of hydrogen-bond donors (Lipinski definition) is 1. The van der Waals surface area contributed by atoms with Crippen molar-refractivity contribution in [1.29, 1.82) is 0 Å². The summed E-state index contributed by atoms with van der Waals surface area (Å²) >= 11 is 0. The van der Waals surface area contributed by atoms with Gasteiger partial charge < -0.3 is 5.73 Å². The van der Waals surface area contributed by atoms with Crippen LogP contribution < -0.4 is 11.4 Å². The lowest BCUT2D eigenvalue weighted by atomic mass is 10.00. The van der Waals surface area contributed by atoms with Gasteiger partial charge in [0, 0.05) is 18.4 Å². The quantitative estimate of drug-likeness (QED) is 0.783. The first-order chi connectivity index (χ1) is 10.1. The average molecular weight is 283 g/mol. The summed E-state index contributed by atoms with van der Waals surface area (Å²) in [5.74, 6) is 0. The number of aryl methyl sites for hydroxylation is 2. The molecule has 0 amide bonds. The number of rotatable bonds is 3. The minimum absolute atomic E-state index is 0.201. The zero-order chi connectivity index (χ0) is 15.0. The molecule has 0 aliphatic heterocycles. The molecule has 6 heteroatoms. The van der Waals surface area contributed by atoms with E-state index in [1.54, 1.807) is 18.6 Å². The summed E-state index contributed by atoms with van der Waals surface area (Å²) in [7, 11) is 0. The molecule has 1 unspecified atom stereocenters. The molecule has 0 fully saturated rings. The predicted molar refractivity (Wildman–Crippen MR) is 80.1 cm³/mol. The van der Waals surface area contributed by atoms with Gasteiger partial charge in [-0.15, -0.1) is 5.10 Å². The smallest absolute Gasteiger partial charge is 0.322 e. The fraction of sp³-hybridized carbons (Fsp3) is 0.267. The van der Waals surface area contributed by atoms with Gasteiger partial charge in [-0.25, -0.2) is 13.9 Å². The molecule has 0 aliphatic carbocycles. The molecule has 1 aromatic carbocycles. The van der Waals surface area contributed by atoms with E-state index in [1.165, 1.54) is 14.6 Å². The standard InChI is InChI=1S/C15H17N5O/c1-10-3-4-12(11(2)7-10)13(16)9-20-15(21)19-6-5-17-8-14(19)18-20/h3-8,13H,9,16H2,1-2H3. The summed E-state index contributed by atoms with van der Waals surface area (Å²) in [6, 6.07) is 5.85. The van der Waals surface area contributed by atoms with Crippen LogP contribution in [0.5, 0.6) is 0 Å². The Balaban J connectivity index is 1.94. The Morgan fingerprint density at radius 2 is 2.14 bits per heavy atom. The van der Waals surface area contributed by atoms with Gasteiger partial charge >= 0.3 is 5.69 Å². The second-order valence-electron chi connectivity index (χ2n) is 5.24. The summed E-state index contributed by atoms with van der Waals surface area (Å²) in [6.07, 6.45) is 4.72. The summed E-state index contributed by atoms with van der Waals surface area (Å²) in [6.45, 7) is 4.41. The van der Waals surface area contributed by atoms with Crippen LogP contribution in [-0.4, -0.2) is 19.2 Å². The van der Waals surface area contributed by atoms with E-state index in [1.807, 2.05) is 26.0 Å². The van der Waals surface area contributed by atoms with Crippen LogP contribution in [0.3, 0.4) is 0 Å². The van der Waals surface area contributed by atoms with E-state index in [-0.39, 0.29) is 11.7 Å².